The van der Waals surface area contributed by atoms with Crippen molar-refractivity contribution < 1.29 is 4.74 Å². The second-order valence-corrected chi connectivity index (χ2v) is 5.53. The standard InChI is InChI=1S/C19H35N3O/c1-8-20(9-2)16-14-17(21(10-3)11-4)19(23-7)18(15-16)22(12-5)13-6/h14-15H,8-13H2,1-7H3. The summed E-state index contributed by atoms with van der Waals surface area (Å²) in [7, 11) is 1.78. The molecular weight excluding hydrogens is 286 g/mol. The molecule has 0 unspecified atom stereocenters. The van der Waals surface area contributed by atoms with Gasteiger partial charge in [-0.1, -0.05) is 0 Å². The van der Waals surface area contributed by atoms with E-state index in [-0.39, 0.29) is 0 Å². The fraction of sp³-hybridized carbons (Fsp3) is 0.684. The van der Waals surface area contributed by atoms with Gasteiger partial charge in [0.25, 0.3) is 0 Å². The number of benzene rings is 1. The van der Waals surface area contributed by atoms with Crippen molar-refractivity contribution in [2.75, 3.05) is 61.1 Å². The minimum absolute atomic E-state index is 0.978. The van der Waals surface area contributed by atoms with Crippen LogP contribution in [-0.2, 0) is 0 Å². The average Bonchev–Trinajstić information content (AvgIpc) is 2.58. The summed E-state index contributed by atoms with van der Waals surface area (Å²) >= 11 is 0. The summed E-state index contributed by atoms with van der Waals surface area (Å²) in [6.45, 7) is 19.2. The molecule has 0 atom stereocenters. The van der Waals surface area contributed by atoms with E-state index >= 15 is 0 Å². The van der Waals surface area contributed by atoms with E-state index in [2.05, 4.69) is 68.4 Å². The van der Waals surface area contributed by atoms with Crippen LogP contribution in [0, 0.1) is 0 Å². The maximum atomic E-state index is 5.85. The molecule has 4 heteroatoms. The number of nitrogens with zero attached hydrogens (tertiary/aromatic N) is 3. The molecule has 4 nitrogen and oxygen atoms in total. The van der Waals surface area contributed by atoms with E-state index < -0.39 is 0 Å². The van der Waals surface area contributed by atoms with Crippen LogP contribution in [-0.4, -0.2) is 46.4 Å². The van der Waals surface area contributed by atoms with Crippen molar-refractivity contribution in [2.24, 2.45) is 0 Å². The Balaban J connectivity index is 3.58. The fourth-order valence-electron chi connectivity index (χ4n) is 3.16. The van der Waals surface area contributed by atoms with Crippen LogP contribution in [0.2, 0.25) is 0 Å². The molecule has 1 aromatic rings. The van der Waals surface area contributed by atoms with Crippen molar-refractivity contribution in [3.8, 4) is 5.75 Å². The van der Waals surface area contributed by atoms with Gasteiger partial charge in [0.2, 0.25) is 0 Å². The first kappa shape index (κ1) is 19.5. The molecule has 0 aliphatic rings. The van der Waals surface area contributed by atoms with E-state index in [0.29, 0.717) is 0 Å². The Bertz CT molecular complexity index is 431. The van der Waals surface area contributed by atoms with E-state index in [9.17, 15) is 0 Å². The Labute approximate surface area is 143 Å². The Morgan fingerprint density at radius 1 is 0.652 bits per heavy atom. The molecule has 23 heavy (non-hydrogen) atoms. The highest BCUT2D eigenvalue weighted by Crippen LogP contribution is 2.42. The topological polar surface area (TPSA) is 19.0 Å². The van der Waals surface area contributed by atoms with Crippen LogP contribution in [0.4, 0.5) is 17.1 Å². The zero-order chi connectivity index (χ0) is 17.4. The third-order valence-corrected chi connectivity index (χ3v) is 4.58. The van der Waals surface area contributed by atoms with Crippen LogP contribution in [0.15, 0.2) is 12.1 Å². The third kappa shape index (κ3) is 4.24. The summed E-state index contributed by atoms with van der Waals surface area (Å²) in [4.78, 5) is 7.15. The van der Waals surface area contributed by atoms with E-state index in [1.807, 2.05) is 0 Å². The van der Waals surface area contributed by atoms with Gasteiger partial charge < -0.3 is 19.4 Å². The predicted octanol–water partition coefficient (Wildman–Crippen LogP) is 4.23. The lowest BCUT2D eigenvalue weighted by Gasteiger charge is -2.32. The number of anilines is 3. The Hall–Kier alpha value is -1.58. The number of hydrogen-bond acceptors (Lipinski definition) is 4. The van der Waals surface area contributed by atoms with Crippen molar-refractivity contribution in [3.63, 3.8) is 0 Å². The smallest absolute Gasteiger partial charge is 0.165 e. The van der Waals surface area contributed by atoms with E-state index in [4.69, 9.17) is 4.74 Å². The second-order valence-electron chi connectivity index (χ2n) is 5.53. The van der Waals surface area contributed by atoms with Gasteiger partial charge in [-0.3, -0.25) is 0 Å². The first-order chi connectivity index (χ1) is 11.1. The van der Waals surface area contributed by atoms with Gasteiger partial charge in [-0.15, -0.1) is 0 Å². The largest absolute Gasteiger partial charge is 0.492 e. The molecule has 0 aromatic heterocycles. The molecule has 0 heterocycles. The minimum atomic E-state index is 0.978. The van der Waals surface area contributed by atoms with Gasteiger partial charge in [0, 0.05) is 45.0 Å². The molecule has 0 N–H and O–H groups in total. The molecule has 0 fully saturated rings. The number of rotatable bonds is 10. The lowest BCUT2D eigenvalue weighted by molar-refractivity contribution is 0.414. The highest BCUT2D eigenvalue weighted by atomic mass is 16.5. The minimum Gasteiger partial charge on any atom is -0.492 e. The van der Waals surface area contributed by atoms with Crippen LogP contribution in [0.5, 0.6) is 5.75 Å². The van der Waals surface area contributed by atoms with Gasteiger partial charge in [-0.05, 0) is 53.7 Å². The van der Waals surface area contributed by atoms with Gasteiger partial charge in [0.05, 0.1) is 18.5 Å². The number of ether oxygens (including phenoxy) is 1. The summed E-state index contributed by atoms with van der Waals surface area (Å²) in [5.41, 5.74) is 3.67. The molecule has 0 spiro atoms. The van der Waals surface area contributed by atoms with Gasteiger partial charge in [-0.25, -0.2) is 0 Å². The molecule has 0 aliphatic heterocycles. The maximum absolute atomic E-state index is 5.85. The molecule has 1 rings (SSSR count). The Morgan fingerprint density at radius 3 is 1.26 bits per heavy atom. The molecule has 0 radical (unpaired) electrons. The van der Waals surface area contributed by atoms with Crippen LogP contribution in [0.1, 0.15) is 41.5 Å². The summed E-state index contributed by atoms with van der Waals surface area (Å²) < 4.78 is 5.85. The van der Waals surface area contributed by atoms with Crippen LogP contribution < -0.4 is 19.4 Å². The van der Waals surface area contributed by atoms with Gasteiger partial charge in [0.1, 0.15) is 0 Å². The molecule has 0 saturated carbocycles. The normalized spacial score (nSPS) is 10.6. The first-order valence-corrected chi connectivity index (χ1v) is 9.08. The summed E-state index contributed by atoms with van der Waals surface area (Å²) in [6, 6.07) is 4.57. The molecule has 0 aliphatic carbocycles. The zero-order valence-electron chi connectivity index (χ0n) is 16.1. The molecule has 0 bridgehead atoms. The fourth-order valence-corrected chi connectivity index (χ4v) is 3.16. The average molecular weight is 322 g/mol. The van der Waals surface area contributed by atoms with Crippen LogP contribution >= 0.6 is 0 Å². The second kappa shape index (κ2) is 9.53. The molecule has 1 aromatic carbocycles. The monoisotopic (exact) mass is 321 g/mol. The van der Waals surface area contributed by atoms with Crippen LogP contribution in [0.3, 0.4) is 0 Å². The van der Waals surface area contributed by atoms with Crippen molar-refractivity contribution in [2.45, 2.75) is 41.5 Å². The first-order valence-electron chi connectivity index (χ1n) is 9.08. The number of hydrogen-bond donors (Lipinski definition) is 0. The lowest BCUT2D eigenvalue weighted by atomic mass is 10.1. The van der Waals surface area contributed by atoms with E-state index in [1.165, 1.54) is 17.1 Å². The molecule has 132 valence electrons. The van der Waals surface area contributed by atoms with Gasteiger partial charge in [-0.2, -0.15) is 0 Å². The van der Waals surface area contributed by atoms with Gasteiger partial charge in [0.15, 0.2) is 5.75 Å². The SMILES string of the molecule is CCN(CC)c1cc(N(CC)CC)c(OC)c(N(CC)CC)c1. The Morgan fingerprint density at radius 2 is 1.00 bits per heavy atom. The Kier molecular flexibility index (Phi) is 8.07. The quantitative estimate of drug-likeness (QED) is 0.642. The summed E-state index contributed by atoms with van der Waals surface area (Å²) in [6.07, 6.45) is 0. The maximum Gasteiger partial charge on any atom is 0.165 e. The summed E-state index contributed by atoms with van der Waals surface area (Å²) in [5, 5.41) is 0. The van der Waals surface area contributed by atoms with E-state index in [0.717, 1.165) is 45.0 Å². The van der Waals surface area contributed by atoms with E-state index in [1.54, 1.807) is 7.11 Å². The summed E-state index contributed by atoms with van der Waals surface area (Å²) in [5.74, 6) is 0.994. The van der Waals surface area contributed by atoms with Gasteiger partial charge >= 0.3 is 0 Å². The van der Waals surface area contributed by atoms with Crippen molar-refractivity contribution in [1.29, 1.82) is 0 Å². The third-order valence-electron chi connectivity index (χ3n) is 4.58. The predicted molar refractivity (Wildman–Crippen MR) is 104 cm³/mol. The molecule has 0 amide bonds. The lowest BCUT2D eigenvalue weighted by Crippen LogP contribution is -2.28. The van der Waals surface area contributed by atoms with Crippen molar-refractivity contribution in [3.05, 3.63) is 12.1 Å². The van der Waals surface area contributed by atoms with Crippen molar-refractivity contribution >= 4 is 17.1 Å². The van der Waals surface area contributed by atoms with Crippen molar-refractivity contribution in [1.82, 2.24) is 0 Å². The zero-order valence-corrected chi connectivity index (χ0v) is 16.1. The molecular formula is C19H35N3O. The molecule has 0 saturated heterocycles. The highest BCUT2D eigenvalue weighted by molar-refractivity contribution is 5.79. The highest BCUT2D eigenvalue weighted by Gasteiger charge is 2.20. The van der Waals surface area contributed by atoms with Crippen LogP contribution in [0.25, 0.3) is 0 Å². The number of methoxy groups -OCH3 is 1.